The van der Waals surface area contributed by atoms with Crippen LogP contribution in [-0.4, -0.2) is 19.2 Å². The van der Waals surface area contributed by atoms with Gasteiger partial charge in [0.1, 0.15) is 5.52 Å². The predicted molar refractivity (Wildman–Crippen MR) is 84.8 cm³/mol. The Morgan fingerprint density at radius 2 is 1.86 bits per heavy atom. The van der Waals surface area contributed by atoms with Gasteiger partial charge in [0.05, 0.1) is 6.16 Å². The second-order valence-electron chi connectivity index (χ2n) is 4.82. The fraction of sp³-hybridized carbons (Fsp3) is 0.188. The zero-order chi connectivity index (χ0) is 15.6. The van der Waals surface area contributed by atoms with Gasteiger partial charge in [-0.05, 0) is 29.8 Å². The highest BCUT2D eigenvalue weighted by Gasteiger charge is 2.22. The number of hydrogen-bond donors (Lipinski definition) is 0. The molecule has 0 aliphatic carbocycles. The molecule has 22 heavy (non-hydrogen) atoms. The van der Waals surface area contributed by atoms with Gasteiger partial charge < -0.3 is 13.5 Å². The van der Waals surface area contributed by atoms with Crippen LogP contribution in [0, 0.1) is 0 Å². The van der Waals surface area contributed by atoms with E-state index in [1.807, 2.05) is 48.5 Å². The standard InChI is InChI=1S/C16H16NO4P/c1-19-22(18,20-2)11-12-6-5-7-13(10-12)16-17-14-8-3-4-9-15(14)21-16/h3-10H,11H2,1-2H3. The summed E-state index contributed by atoms with van der Waals surface area (Å²) < 4.78 is 27.9. The van der Waals surface area contributed by atoms with Crippen molar-refractivity contribution in [1.29, 1.82) is 0 Å². The number of benzene rings is 2. The molecule has 6 heteroatoms. The normalized spacial score (nSPS) is 11.9. The maximum atomic E-state index is 12.2. The summed E-state index contributed by atoms with van der Waals surface area (Å²) in [6.45, 7) is 0. The van der Waals surface area contributed by atoms with Crippen LogP contribution in [0.25, 0.3) is 22.6 Å². The topological polar surface area (TPSA) is 61.6 Å². The van der Waals surface area contributed by atoms with Crippen LogP contribution in [0.4, 0.5) is 0 Å². The van der Waals surface area contributed by atoms with Crippen LogP contribution in [0.1, 0.15) is 5.56 Å². The lowest BCUT2D eigenvalue weighted by atomic mass is 10.1. The first-order valence-corrected chi connectivity index (χ1v) is 8.52. The quantitative estimate of drug-likeness (QED) is 0.649. The molecule has 3 aromatic rings. The van der Waals surface area contributed by atoms with Gasteiger partial charge in [-0.3, -0.25) is 4.57 Å². The van der Waals surface area contributed by atoms with Crippen LogP contribution in [0.5, 0.6) is 0 Å². The third-order valence-electron chi connectivity index (χ3n) is 3.40. The van der Waals surface area contributed by atoms with E-state index in [0.29, 0.717) is 5.89 Å². The molecule has 0 bridgehead atoms. The molecule has 1 aromatic heterocycles. The van der Waals surface area contributed by atoms with E-state index in [1.165, 1.54) is 14.2 Å². The lowest BCUT2D eigenvalue weighted by molar-refractivity contribution is 0.275. The van der Waals surface area contributed by atoms with Crippen molar-refractivity contribution in [2.24, 2.45) is 0 Å². The van der Waals surface area contributed by atoms with Gasteiger partial charge in [0, 0.05) is 19.8 Å². The lowest BCUT2D eigenvalue weighted by Crippen LogP contribution is -1.93. The van der Waals surface area contributed by atoms with Crippen molar-refractivity contribution >= 4 is 18.7 Å². The largest absolute Gasteiger partial charge is 0.436 e. The molecular weight excluding hydrogens is 301 g/mol. The molecule has 1 heterocycles. The highest BCUT2D eigenvalue weighted by atomic mass is 31.2. The van der Waals surface area contributed by atoms with E-state index in [2.05, 4.69) is 4.98 Å². The maximum Gasteiger partial charge on any atom is 0.334 e. The van der Waals surface area contributed by atoms with Crippen molar-refractivity contribution in [1.82, 2.24) is 4.98 Å². The van der Waals surface area contributed by atoms with E-state index >= 15 is 0 Å². The molecule has 2 aromatic carbocycles. The minimum absolute atomic E-state index is 0.202. The predicted octanol–water partition coefficient (Wildman–Crippen LogP) is 4.48. The van der Waals surface area contributed by atoms with E-state index in [-0.39, 0.29) is 6.16 Å². The van der Waals surface area contributed by atoms with E-state index in [9.17, 15) is 4.57 Å². The van der Waals surface area contributed by atoms with E-state index in [1.54, 1.807) is 0 Å². The van der Waals surface area contributed by atoms with Crippen molar-refractivity contribution in [3.63, 3.8) is 0 Å². The van der Waals surface area contributed by atoms with E-state index in [4.69, 9.17) is 13.5 Å². The Morgan fingerprint density at radius 3 is 2.59 bits per heavy atom. The number of oxazole rings is 1. The van der Waals surface area contributed by atoms with Gasteiger partial charge in [-0.1, -0.05) is 24.3 Å². The van der Waals surface area contributed by atoms with E-state index in [0.717, 1.165) is 22.2 Å². The zero-order valence-electron chi connectivity index (χ0n) is 12.4. The third-order valence-corrected chi connectivity index (χ3v) is 5.27. The van der Waals surface area contributed by atoms with Gasteiger partial charge in [0.15, 0.2) is 5.58 Å². The number of para-hydroxylation sites is 2. The smallest absolute Gasteiger partial charge is 0.334 e. The highest BCUT2D eigenvalue weighted by Crippen LogP contribution is 2.49. The Bertz CT molecular complexity index is 802. The maximum absolute atomic E-state index is 12.2. The number of aromatic nitrogens is 1. The highest BCUT2D eigenvalue weighted by molar-refractivity contribution is 7.52. The summed E-state index contributed by atoms with van der Waals surface area (Å²) in [7, 11) is -0.326. The molecule has 0 amide bonds. The summed E-state index contributed by atoms with van der Waals surface area (Å²) in [4.78, 5) is 4.46. The van der Waals surface area contributed by atoms with Crippen LogP contribution in [0.2, 0.25) is 0 Å². The molecule has 0 aliphatic rings. The first-order valence-electron chi connectivity index (χ1n) is 6.79. The molecular formula is C16H16NO4P. The van der Waals surface area contributed by atoms with Gasteiger partial charge in [-0.25, -0.2) is 4.98 Å². The van der Waals surface area contributed by atoms with Crippen molar-refractivity contribution < 1.29 is 18.0 Å². The van der Waals surface area contributed by atoms with Gasteiger partial charge in [-0.2, -0.15) is 0 Å². The summed E-state index contributed by atoms with van der Waals surface area (Å²) in [5.74, 6) is 0.535. The van der Waals surface area contributed by atoms with Crippen LogP contribution in [-0.2, 0) is 19.8 Å². The molecule has 0 N–H and O–H groups in total. The van der Waals surface area contributed by atoms with Crippen LogP contribution in [0.3, 0.4) is 0 Å². The fourth-order valence-electron chi connectivity index (χ4n) is 2.23. The molecule has 0 saturated carbocycles. The van der Waals surface area contributed by atoms with Crippen molar-refractivity contribution in [2.45, 2.75) is 6.16 Å². The Morgan fingerprint density at radius 1 is 1.09 bits per heavy atom. The molecule has 0 radical (unpaired) electrons. The third kappa shape index (κ3) is 2.97. The monoisotopic (exact) mass is 317 g/mol. The molecule has 0 atom stereocenters. The van der Waals surface area contributed by atoms with Gasteiger partial charge >= 0.3 is 7.60 Å². The first kappa shape index (κ1) is 15.0. The number of fused-ring (bicyclic) bond motifs is 1. The Labute approximate surface area is 128 Å². The first-order chi connectivity index (χ1) is 10.6. The minimum Gasteiger partial charge on any atom is -0.436 e. The lowest BCUT2D eigenvalue weighted by Gasteiger charge is -2.13. The molecule has 3 rings (SSSR count). The average Bonchev–Trinajstić information content (AvgIpc) is 2.99. The van der Waals surface area contributed by atoms with Crippen molar-refractivity contribution in [3.05, 3.63) is 54.1 Å². The molecule has 0 aliphatic heterocycles. The van der Waals surface area contributed by atoms with Gasteiger partial charge in [0.25, 0.3) is 0 Å². The number of hydrogen-bond acceptors (Lipinski definition) is 5. The SMILES string of the molecule is COP(=O)(Cc1cccc(-c2nc3ccccc3o2)c1)OC. The number of nitrogens with zero attached hydrogens (tertiary/aromatic N) is 1. The second-order valence-corrected chi connectivity index (χ2v) is 7.09. The molecule has 0 unspecified atom stereocenters. The van der Waals surface area contributed by atoms with Crippen LogP contribution in [0.15, 0.2) is 52.9 Å². The second kappa shape index (κ2) is 6.05. The molecule has 0 saturated heterocycles. The van der Waals surface area contributed by atoms with Crippen LogP contribution < -0.4 is 0 Å². The summed E-state index contributed by atoms with van der Waals surface area (Å²) >= 11 is 0. The fourth-order valence-corrected chi connectivity index (χ4v) is 3.28. The molecule has 5 nitrogen and oxygen atoms in total. The summed E-state index contributed by atoms with van der Waals surface area (Å²) in [5, 5.41) is 0. The molecule has 0 fully saturated rings. The van der Waals surface area contributed by atoms with Gasteiger partial charge in [-0.15, -0.1) is 0 Å². The zero-order valence-corrected chi connectivity index (χ0v) is 13.2. The Kier molecular flexibility index (Phi) is 4.12. The summed E-state index contributed by atoms with van der Waals surface area (Å²) in [6, 6.07) is 15.1. The van der Waals surface area contributed by atoms with E-state index < -0.39 is 7.60 Å². The molecule has 114 valence electrons. The molecule has 0 spiro atoms. The minimum atomic E-state index is -3.09. The van der Waals surface area contributed by atoms with Gasteiger partial charge in [0.2, 0.25) is 5.89 Å². The summed E-state index contributed by atoms with van der Waals surface area (Å²) in [5.41, 5.74) is 3.21. The van der Waals surface area contributed by atoms with Crippen molar-refractivity contribution in [2.75, 3.05) is 14.2 Å². The number of rotatable bonds is 5. The Hall–Kier alpha value is -1.94. The Balaban J connectivity index is 1.95. The summed E-state index contributed by atoms with van der Waals surface area (Å²) in [6.07, 6.45) is 0.202. The average molecular weight is 317 g/mol. The van der Waals surface area contributed by atoms with Crippen molar-refractivity contribution in [3.8, 4) is 11.5 Å². The van der Waals surface area contributed by atoms with Crippen LogP contribution >= 0.6 is 7.60 Å².